The van der Waals surface area contributed by atoms with Crippen molar-refractivity contribution in [2.45, 2.75) is 25.8 Å². The van der Waals surface area contributed by atoms with Gasteiger partial charge in [-0.05, 0) is 50.0 Å². The molecule has 5 heteroatoms. The fourth-order valence-corrected chi connectivity index (χ4v) is 3.19. The van der Waals surface area contributed by atoms with E-state index in [2.05, 4.69) is 51.2 Å². The Labute approximate surface area is 129 Å². The van der Waals surface area contributed by atoms with Crippen LogP contribution in [0.25, 0.3) is 16.9 Å². The number of likely N-dealkylation sites (tertiary alicyclic amines) is 1. The molecule has 1 saturated heterocycles. The van der Waals surface area contributed by atoms with Gasteiger partial charge in [0.15, 0.2) is 0 Å². The Morgan fingerprint density at radius 2 is 1.95 bits per heavy atom. The molecular weight excluding hydrogens is 274 g/mol. The molecule has 0 saturated carbocycles. The molecule has 1 atom stereocenters. The van der Waals surface area contributed by atoms with Crippen molar-refractivity contribution >= 4 is 5.78 Å². The second-order valence-electron chi connectivity index (χ2n) is 5.89. The van der Waals surface area contributed by atoms with Crippen molar-refractivity contribution in [2.75, 3.05) is 13.1 Å². The van der Waals surface area contributed by atoms with Crippen molar-refractivity contribution in [3.63, 3.8) is 0 Å². The van der Waals surface area contributed by atoms with E-state index >= 15 is 0 Å². The van der Waals surface area contributed by atoms with Gasteiger partial charge in [-0.2, -0.15) is 10.1 Å². The van der Waals surface area contributed by atoms with Crippen LogP contribution in [0.2, 0.25) is 0 Å². The van der Waals surface area contributed by atoms with Crippen molar-refractivity contribution < 1.29 is 0 Å². The molecule has 4 rings (SSSR count). The monoisotopic (exact) mass is 293 g/mol. The molecule has 2 aromatic heterocycles. The first-order valence-corrected chi connectivity index (χ1v) is 7.81. The van der Waals surface area contributed by atoms with Gasteiger partial charge in [0, 0.05) is 24.0 Å². The number of benzene rings is 1. The minimum absolute atomic E-state index is 0.463. The van der Waals surface area contributed by atoms with Gasteiger partial charge >= 0.3 is 0 Å². The quantitative estimate of drug-likeness (QED) is 0.745. The van der Waals surface area contributed by atoms with Crippen molar-refractivity contribution in [2.24, 2.45) is 0 Å². The first kappa shape index (κ1) is 13.4. The molecule has 1 aromatic carbocycles. The summed E-state index contributed by atoms with van der Waals surface area (Å²) in [5.74, 6) is 0.630. The van der Waals surface area contributed by atoms with E-state index in [4.69, 9.17) is 0 Å². The highest BCUT2D eigenvalue weighted by molar-refractivity contribution is 5.63. The normalized spacial score (nSPS) is 17.1. The summed E-state index contributed by atoms with van der Waals surface area (Å²) in [5, 5.41) is 4.16. The molecule has 1 aliphatic rings. The third-order valence-corrected chi connectivity index (χ3v) is 4.53. The van der Waals surface area contributed by atoms with Crippen LogP contribution in [0.15, 0.2) is 43.0 Å². The maximum absolute atomic E-state index is 4.35. The predicted molar refractivity (Wildman–Crippen MR) is 85.4 cm³/mol. The molecule has 112 valence electrons. The van der Waals surface area contributed by atoms with Crippen LogP contribution in [0, 0.1) is 0 Å². The number of fused-ring (bicyclic) bond motifs is 1. The lowest BCUT2D eigenvalue weighted by Gasteiger charge is -2.24. The zero-order valence-corrected chi connectivity index (χ0v) is 12.7. The third kappa shape index (κ3) is 2.37. The molecule has 1 fully saturated rings. The summed E-state index contributed by atoms with van der Waals surface area (Å²) in [6.45, 7) is 4.71. The van der Waals surface area contributed by atoms with Gasteiger partial charge < -0.3 is 0 Å². The Hall–Kier alpha value is -2.27. The summed E-state index contributed by atoms with van der Waals surface area (Å²) in [5.41, 5.74) is 3.60. The molecule has 0 radical (unpaired) electrons. The van der Waals surface area contributed by atoms with Crippen LogP contribution in [-0.4, -0.2) is 37.6 Å². The highest BCUT2D eigenvalue weighted by Crippen LogP contribution is 2.28. The van der Waals surface area contributed by atoms with E-state index in [0.29, 0.717) is 11.8 Å². The zero-order chi connectivity index (χ0) is 14.9. The highest BCUT2D eigenvalue weighted by Gasteiger charge is 2.19. The molecule has 22 heavy (non-hydrogen) atoms. The molecule has 0 bridgehead atoms. The Morgan fingerprint density at radius 3 is 2.82 bits per heavy atom. The summed E-state index contributed by atoms with van der Waals surface area (Å²) in [6, 6.07) is 9.20. The van der Waals surface area contributed by atoms with Crippen molar-refractivity contribution in [1.29, 1.82) is 0 Å². The molecule has 3 heterocycles. The van der Waals surface area contributed by atoms with Crippen molar-refractivity contribution in [1.82, 2.24) is 24.5 Å². The van der Waals surface area contributed by atoms with E-state index in [0.717, 1.165) is 5.56 Å². The number of rotatable bonds is 3. The molecule has 0 aliphatic carbocycles. The zero-order valence-electron chi connectivity index (χ0n) is 12.7. The van der Waals surface area contributed by atoms with Gasteiger partial charge in [0.25, 0.3) is 5.78 Å². The van der Waals surface area contributed by atoms with Gasteiger partial charge in [-0.1, -0.05) is 18.2 Å². The number of aromatic nitrogens is 4. The van der Waals surface area contributed by atoms with Crippen LogP contribution in [0.3, 0.4) is 0 Å². The van der Waals surface area contributed by atoms with Crippen LogP contribution in [0.4, 0.5) is 0 Å². The lowest BCUT2D eigenvalue weighted by atomic mass is 10.0. The summed E-state index contributed by atoms with van der Waals surface area (Å²) >= 11 is 0. The van der Waals surface area contributed by atoms with E-state index in [1.807, 2.05) is 12.4 Å². The fraction of sp³-hybridized carbons (Fsp3) is 0.353. The number of hydrogen-bond donors (Lipinski definition) is 0. The summed E-state index contributed by atoms with van der Waals surface area (Å²) in [7, 11) is 0. The van der Waals surface area contributed by atoms with Crippen LogP contribution in [-0.2, 0) is 0 Å². The highest BCUT2D eigenvalue weighted by atomic mass is 15.3. The first-order chi connectivity index (χ1) is 10.8. The van der Waals surface area contributed by atoms with Crippen molar-refractivity contribution in [3.8, 4) is 11.1 Å². The number of nitrogens with zero attached hydrogens (tertiary/aromatic N) is 5. The molecule has 0 amide bonds. The van der Waals surface area contributed by atoms with E-state index in [1.54, 1.807) is 4.52 Å². The Kier molecular flexibility index (Phi) is 3.35. The predicted octanol–water partition coefficient (Wildman–Crippen LogP) is 2.95. The van der Waals surface area contributed by atoms with Gasteiger partial charge in [-0.15, -0.1) is 0 Å². The third-order valence-electron chi connectivity index (χ3n) is 4.53. The molecule has 0 spiro atoms. The summed E-state index contributed by atoms with van der Waals surface area (Å²) in [6.07, 6.45) is 8.00. The maximum Gasteiger partial charge on any atom is 0.252 e. The van der Waals surface area contributed by atoms with Gasteiger partial charge in [0.2, 0.25) is 0 Å². The Morgan fingerprint density at radius 1 is 1.09 bits per heavy atom. The Bertz CT molecular complexity index is 788. The van der Waals surface area contributed by atoms with Gasteiger partial charge in [0.1, 0.15) is 6.33 Å². The molecule has 5 nitrogen and oxygen atoms in total. The maximum atomic E-state index is 4.35. The Balaban J connectivity index is 1.68. The first-order valence-electron chi connectivity index (χ1n) is 7.81. The van der Waals surface area contributed by atoms with Crippen LogP contribution < -0.4 is 0 Å². The van der Waals surface area contributed by atoms with Crippen LogP contribution in [0.5, 0.6) is 0 Å². The second kappa shape index (κ2) is 5.50. The van der Waals surface area contributed by atoms with Gasteiger partial charge in [-0.3, -0.25) is 4.90 Å². The second-order valence-corrected chi connectivity index (χ2v) is 5.89. The van der Waals surface area contributed by atoms with Crippen molar-refractivity contribution in [3.05, 3.63) is 48.5 Å². The average Bonchev–Trinajstić information content (AvgIpc) is 3.25. The lowest BCUT2D eigenvalue weighted by Crippen LogP contribution is -2.23. The molecule has 1 aliphatic heterocycles. The molecule has 1 unspecified atom stereocenters. The molecule has 3 aromatic rings. The molecular formula is C17H19N5. The standard InChI is InChI=1S/C17H19N5/c1-13(21-7-2-3-8-21)14-5-4-6-15(9-14)16-10-18-17-19-12-20-22(17)11-16/h4-6,9-13H,2-3,7-8H2,1H3. The minimum atomic E-state index is 0.463. The smallest absolute Gasteiger partial charge is 0.252 e. The largest absolute Gasteiger partial charge is 0.297 e. The van der Waals surface area contributed by atoms with E-state index in [1.165, 1.54) is 43.4 Å². The molecule has 0 N–H and O–H groups in total. The summed E-state index contributed by atoms with van der Waals surface area (Å²) in [4.78, 5) is 11.0. The fourth-order valence-electron chi connectivity index (χ4n) is 3.19. The van der Waals surface area contributed by atoms with Crippen LogP contribution in [0.1, 0.15) is 31.4 Å². The topological polar surface area (TPSA) is 46.3 Å². The summed E-state index contributed by atoms with van der Waals surface area (Å²) < 4.78 is 1.71. The minimum Gasteiger partial charge on any atom is -0.297 e. The van der Waals surface area contributed by atoms with Gasteiger partial charge in [0.05, 0.1) is 0 Å². The average molecular weight is 293 g/mol. The van der Waals surface area contributed by atoms with E-state index in [-0.39, 0.29) is 0 Å². The van der Waals surface area contributed by atoms with Gasteiger partial charge in [-0.25, -0.2) is 9.50 Å². The van der Waals surface area contributed by atoms with Crippen LogP contribution >= 0.6 is 0 Å². The van der Waals surface area contributed by atoms with E-state index in [9.17, 15) is 0 Å². The number of hydrogen-bond acceptors (Lipinski definition) is 4. The SMILES string of the molecule is CC(c1cccc(-c2cnc3ncnn3c2)c1)N1CCCC1. The van der Waals surface area contributed by atoms with E-state index < -0.39 is 0 Å². The lowest BCUT2D eigenvalue weighted by molar-refractivity contribution is 0.263.